The van der Waals surface area contributed by atoms with Crippen LogP contribution in [-0.2, 0) is 27.3 Å². The highest BCUT2D eigenvalue weighted by atomic mass is 19.1. The Kier molecular flexibility index (Phi) is 16.5. The van der Waals surface area contributed by atoms with Gasteiger partial charge >= 0.3 is 11.9 Å². The van der Waals surface area contributed by atoms with Crippen molar-refractivity contribution in [3.63, 3.8) is 0 Å². The van der Waals surface area contributed by atoms with Gasteiger partial charge < -0.3 is 37.6 Å². The van der Waals surface area contributed by atoms with Crippen molar-refractivity contribution in [1.29, 1.82) is 0 Å². The van der Waals surface area contributed by atoms with Crippen molar-refractivity contribution < 1.29 is 46.8 Å². The minimum Gasteiger partial charge on any atom is -0.497 e. The predicted molar refractivity (Wildman–Crippen MR) is 259 cm³/mol. The van der Waals surface area contributed by atoms with E-state index in [4.69, 9.17) is 28.4 Å². The van der Waals surface area contributed by atoms with E-state index in [2.05, 4.69) is 31.3 Å². The summed E-state index contributed by atoms with van der Waals surface area (Å²) in [5.74, 6) is -0.566. The highest BCUT2D eigenvalue weighted by molar-refractivity contribution is 6.05. The van der Waals surface area contributed by atoms with Gasteiger partial charge in [0, 0.05) is 68.6 Å². The molecule has 0 unspecified atom stereocenters. The standard InChI is InChI=1S/C54H64F2N4O8/c1-5-64-29-27-59-35-43(51-45(55)9-7-11-47(51)59)38-17-21-57(22-18-38)25-31-66-49-16-13-37(3)33-42(49)54(62)68-53(61)41-15-14-40(63-4)34-50(41)67-32-26-58-23-19-39(20-24-58)44-36-60(28-30-65-6-2)48-12-8-10-46(56)52(44)48/h7-16,33-36,38-39H,5-6,17-32H2,1-4H3. The molecule has 0 amide bonds. The quantitative estimate of drug-likeness (QED) is 0.0394. The van der Waals surface area contributed by atoms with Gasteiger partial charge in [-0.3, -0.25) is 9.80 Å². The molecule has 12 nitrogen and oxygen atoms in total. The fourth-order valence-electron chi connectivity index (χ4n) is 9.83. The summed E-state index contributed by atoms with van der Waals surface area (Å²) in [5, 5.41) is 1.40. The maximum Gasteiger partial charge on any atom is 0.349 e. The van der Waals surface area contributed by atoms with Gasteiger partial charge in [-0.2, -0.15) is 0 Å². The lowest BCUT2D eigenvalue weighted by atomic mass is 9.89. The van der Waals surface area contributed by atoms with Crippen LogP contribution in [0.25, 0.3) is 21.8 Å². The molecule has 2 saturated heterocycles. The van der Waals surface area contributed by atoms with Crippen LogP contribution >= 0.6 is 0 Å². The van der Waals surface area contributed by atoms with Gasteiger partial charge in [0.25, 0.3) is 0 Å². The number of methoxy groups -OCH3 is 1. The van der Waals surface area contributed by atoms with Crippen LogP contribution < -0.4 is 14.2 Å². The number of piperidine rings is 2. The van der Waals surface area contributed by atoms with Gasteiger partial charge in [-0.05, 0) is 144 Å². The molecule has 2 aromatic heterocycles. The number of ether oxygens (including phenoxy) is 6. The number of esters is 2. The van der Waals surface area contributed by atoms with E-state index in [1.807, 2.05) is 39.0 Å². The minimum atomic E-state index is -0.853. The maximum atomic E-state index is 15.2. The molecular weight excluding hydrogens is 871 g/mol. The number of carbonyl (C=O) groups is 2. The molecule has 0 bridgehead atoms. The molecule has 4 aromatic carbocycles. The predicted octanol–water partition coefficient (Wildman–Crippen LogP) is 9.78. The Morgan fingerprint density at radius 3 is 1.63 bits per heavy atom. The minimum absolute atomic E-state index is 0.0944. The van der Waals surface area contributed by atoms with Crippen LogP contribution in [0.2, 0.25) is 0 Å². The molecular formula is C54H64F2N4O8. The van der Waals surface area contributed by atoms with E-state index in [1.54, 1.807) is 36.4 Å². The number of aromatic nitrogens is 2. The Morgan fingerprint density at radius 1 is 0.603 bits per heavy atom. The summed E-state index contributed by atoms with van der Waals surface area (Å²) >= 11 is 0. The average Bonchev–Trinajstić information content (AvgIpc) is 3.92. The Hall–Kier alpha value is -5.80. The van der Waals surface area contributed by atoms with Crippen molar-refractivity contribution in [3.8, 4) is 17.2 Å². The first-order chi connectivity index (χ1) is 33.1. The summed E-state index contributed by atoms with van der Waals surface area (Å²) in [6.07, 6.45) is 7.70. The third kappa shape index (κ3) is 11.4. The van der Waals surface area contributed by atoms with E-state index in [1.165, 1.54) is 25.3 Å². The topological polar surface area (TPSA) is 106 Å². The van der Waals surface area contributed by atoms with E-state index >= 15 is 8.78 Å². The Bertz CT molecular complexity index is 2660. The van der Waals surface area contributed by atoms with Gasteiger partial charge in [0.1, 0.15) is 53.2 Å². The smallest absolute Gasteiger partial charge is 0.349 e. The van der Waals surface area contributed by atoms with Gasteiger partial charge in [0.2, 0.25) is 0 Å². The molecule has 68 heavy (non-hydrogen) atoms. The van der Waals surface area contributed by atoms with Crippen molar-refractivity contribution in [2.75, 3.05) is 86.0 Å². The number of hydrogen-bond acceptors (Lipinski definition) is 10. The van der Waals surface area contributed by atoms with Crippen LogP contribution in [0.1, 0.15) is 88.8 Å². The first-order valence-electron chi connectivity index (χ1n) is 24.1. The number of rotatable bonds is 21. The molecule has 0 saturated carbocycles. The van der Waals surface area contributed by atoms with Crippen molar-refractivity contribution in [1.82, 2.24) is 18.9 Å². The van der Waals surface area contributed by atoms with Crippen LogP contribution in [0.4, 0.5) is 8.78 Å². The average molecular weight is 935 g/mol. The van der Waals surface area contributed by atoms with Crippen LogP contribution in [0.3, 0.4) is 0 Å². The number of benzene rings is 4. The Morgan fingerprint density at radius 2 is 1.12 bits per heavy atom. The summed E-state index contributed by atoms with van der Waals surface area (Å²) in [6, 6.07) is 20.6. The molecule has 2 fully saturated rings. The fraction of sp³-hybridized carbons (Fsp3) is 0.444. The lowest BCUT2D eigenvalue weighted by molar-refractivity contribution is 0.0391. The SMILES string of the molecule is CCOCCn1cc(C2CCN(CCOc3cc(OC)ccc3C(=O)OC(=O)c3cc(C)ccc3OCCN3CCC(c4cn(CCOCC)c5cccc(F)c45)CC3)CC2)c2c(F)cccc21. The zero-order chi connectivity index (χ0) is 47.6. The van der Waals surface area contributed by atoms with E-state index in [-0.39, 0.29) is 47.0 Å². The molecule has 8 rings (SSSR count). The van der Waals surface area contributed by atoms with Crippen molar-refractivity contribution in [3.05, 3.63) is 125 Å². The molecule has 0 radical (unpaired) electrons. The lowest BCUT2D eigenvalue weighted by Gasteiger charge is -2.32. The van der Waals surface area contributed by atoms with Gasteiger partial charge in [-0.25, -0.2) is 18.4 Å². The number of carbonyl (C=O) groups excluding carboxylic acids is 2. The van der Waals surface area contributed by atoms with Gasteiger partial charge in [0.15, 0.2) is 0 Å². The highest BCUT2D eigenvalue weighted by Gasteiger charge is 2.28. The lowest BCUT2D eigenvalue weighted by Crippen LogP contribution is -2.36. The normalized spacial score (nSPS) is 15.3. The first-order valence-corrected chi connectivity index (χ1v) is 24.1. The van der Waals surface area contributed by atoms with Gasteiger partial charge in [-0.1, -0.05) is 23.8 Å². The monoisotopic (exact) mass is 934 g/mol. The number of fused-ring (bicyclic) bond motifs is 2. The van der Waals surface area contributed by atoms with Crippen molar-refractivity contribution in [2.45, 2.75) is 71.4 Å². The molecule has 0 spiro atoms. The zero-order valence-electron chi connectivity index (χ0n) is 39.8. The summed E-state index contributed by atoms with van der Waals surface area (Å²) < 4.78 is 69.1. The van der Waals surface area contributed by atoms with Crippen LogP contribution in [0.15, 0.2) is 85.2 Å². The maximum absolute atomic E-state index is 15.2. The van der Waals surface area contributed by atoms with Gasteiger partial charge in [-0.15, -0.1) is 0 Å². The third-order valence-electron chi connectivity index (χ3n) is 13.5. The fourth-order valence-corrected chi connectivity index (χ4v) is 9.83. The number of halogens is 2. The Balaban J connectivity index is 0.835. The van der Waals surface area contributed by atoms with Crippen molar-refractivity contribution in [2.24, 2.45) is 0 Å². The summed E-state index contributed by atoms with van der Waals surface area (Å²) in [6.45, 7) is 14.6. The second-order valence-corrected chi connectivity index (χ2v) is 17.7. The second kappa shape index (κ2) is 23.0. The molecule has 2 aliphatic heterocycles. The van der Waals surface area contributed by atoms with E-state index in [0.717, 1.165) is 79.6 Å². The molecule has 0 N–H and O–H groups in total. The largest absolute Gasteiger partial charge is 0.497 e. The highest BCUT2D eigenvalue weighted by Crippen LogP contribution is 2.38. The molecule has 14 heteroatoms. The number of hydrogen-bond donors (Lipinski definition) is 0. The van der Waals surface area contributed by atoms with Crippen LogP contribution in [0, 0.1) is 18.6 Å². The molecule has 4 heterocycles. The molecule has 6 aromatic rings. The number of likely N-dealkylation sites (tertiary alicyclic amines) is 2. The summed E-state index contributed by atoms with van der Waals surface area (Å²) in [5.41, 5.74) is 4.93. The van der Waals surface area contributed by atoms with Gasteiger partial charge in [0.05, 0.1) is 31.4 Å². The number of aryl methyl sites for hydroxylation is 1. The molecule has 362 valence electrons. The van der Waals surface area contributed by atoms with E-state index in [9.17, 15) is 9.59 Å². The molecule has 2 aliphatic rings. The van der Waals surface area contributed by atoms with E-state index < -0.39 is 11.9 Å². The number of nitrogens with zero attached hydrogens (tertiary/aromatic N) is 4. The molecule has 0 atom stereocenters. The second-order valence-electron chi connectivity index (χ2n) is 17.7. The van der Waals surface area contributed by atoms with E-state index in [0.29, 0.717) is 81.5 Å². The summed E-state index contributed by atoms with van der Waals surface area (Å²) in [4.78, 5) is 32.0. The van der Waals surface area contributed by atoms with Crippen molar-refractivity contribution >= 4 is 33.7 Å². The summed E-state index contributed by atoms with van der Waals surface area (Å²) in [7, 11) is 1.53. The van der Waals surface area contributed by atoms with Crippen LogP contribution in [0.5, 0.6) is 17.2 Å². The first kappa shape index (κ1) is 48.6. The zero-order valence-corrected chi connectivity index (χ0v) is 39.8. The molecule has 0 aliphatic carbocycles. The van der Waals surface area contributed by atoms with Crippen LogP contribution in [-0.4, -0.2) is 117 Å². The third-order valence-corrected chi connectivity index (χ3v) is 13.5. The Labute approximate surface area is 397 Å².